The molecule has 0 aromatic rings. The third kappa shape index (κ3) is 7.99. The van der Waals surface area contributed by atoms with Gasteiger partial charge >= 0.3 is 6.09 Å². The van der Waals surface area contributed by atoms with Crippen LogP contribution in [0.1, 0.15) is 48.5 Å². The van der Waals surface area contributed by atoms with Gasteiger partial charge in [-0.15, -0.1) is 0 Å². The lowest BCUT2D eigenvalue weighted by Gasteiger charge is -2.38. The van der Waals surface area contributed by atoms with Crippen molar-refractivity contribution in [1.29, 1.82) is 0 Å². The maximum Gasteiger partial charge on any atom is 0.408 e. The Bertz CT molecular complexity index is 421. The van der Waals surface area contributed by atoms with Crippen molar-refractivity contribution in [3.8, 4) is 0 Å². The number of ether oxygens (including phenoxy) is 1. The molecule has 0 saturated heterocycles. The van der Waals surface area contributed by atoms with Gasteiger partial charge in [0, 0.05) is 0 Å². The number of amides is 1. The Morgan fingerprint density at radius 2 is 1.70 bits per heavy atom. The summed E-state index contributed by atoms with van der Waals surface area (Å²) in [6.07, 6.45) is -1.45. The summed E-state index contributed by atoms with van der Waals surface area (Å²) in [5.41, 5.74) is -0.0202. The lowest BCUT2D eigenvalue weighted by Crippen LogP contribution is -2.51. The number of aliphatic hydroxyl groups excluding tert-OH is 1. The molecule has 1 amide bonds. The molecule has 136 valence electrons. The molecule has 0 fully saturated rings. The highest BCUT2D eigenvalue weighted by Gasteiger charge is 2.38. The first kappa shape index (κ1) is 22.1. The van der Waals surface area contributed by atoms with E-state index in [2.05, 4.69) is 45.8 Å². The minimum atomic E-state index is -1.98. The molecule has 6 heteroatoms. The standard InChI is InChI=1S/C17H35NO4Si/c1-12(2)14(19)13(18-15(20)22-16(3,4)5)11-21-23(9,10)17(6,7)8/h13-14,19H,1,11H2,2-10H3,(H,18,20)/t13-,14-/m1/s1. The molecule has 0 aliphatic rings. The molecule has 0 heterocycles. The third-order valence-electron chi connectivity index (χ3n) is 4.02. The van der Waals surface area contributed by atoms with Crippen LogP contribution >= 0.6 is 0 Å². The second-order valence-corrected chi connectivity index (χ2v) is 13.4. The van der Waals surface area contributed by atoms with Crippen LogP contribution in [0, 0.1) is 0 Å². The zero-order chi connectivity index (χ0) is 18.6. The molecule has 5 nitrogen and oxygen atoms in total. The molecule has 0 bridgehead atoms. The quantitative estimate of drug-likeness (QED) is 0.567. The van der Waals surface area contributed by atoms with Gasteiger partial charge in [0.25, 0.3) is 0 Å². The predicted octanol–water partition coefficient (Wildman–Crippen LogP) is 3.84. The van der Waals surface area contributed by atoms with Crippen LogP contribution in [0.4, 0.5) is 4.79 Å². The number of nitrogens with one attached hydrogen (secondary N) is 1. The van der Waals surface area contributed by atoms with E-state index < -0.39 is 32.2 Å². The van der Waals surface area contributed by atoms with Crippen molar-refractivity contribution >= 4 is 14.4 Å². The van der Waals surface area contributed by atoms with Crippen molar-refractivity contribution in [2.45, 2.75) is 84.3 Å². The molecule has 0 aliphatic carbocycles. The van der Waals surface area contributed by atoms with Crippen molar-refractivity contribution in [3.63, 3.8) is 0 Å². The van der Waals surface area contributed by atoms with Gasteiger partial charge in [0.1, 0.15) is 5.60 Å². The van der Waals surface area contributed by atoms with Crippen molar-refractivity contribution in [2.75, 3.05) is 6.61 Å². The van der Waals surface area contributed by atoms with Crippen LogP contribution in [0.5, 0.6) is 0 Å². The van der Waals surface area contributed by atoms with Crippen LogP contribution in [0.3, 0.4) is 0 Å². The van der Waals surface area contributed by atoms with Gasteiger partial charge in [0.15, 0.2) is 8.32 Å². The fourth-order valence-electron chi connectivity index (χ4n) is 1.53. The number of rotatable bonds is 6. The van der Waals surface area contributed by atoms with E-state index in [1.54, 1.807) is 27.7 Å². The van der Waals surface area contributed by atoms with Crippen LogP contribution in [0.25, 0.3) is 0 Å². The molecule has 23 heavy (non-hydrogen) atoms. The highest BCUT2D eigenvalue weighted by molar-refractivity contribution is 6.74. The summed E-state index contributed by atoms with van der Waals surface area (Å²) in [6.45, 7) is 21.8. The molecule has 0 aromatic heterocycles. The molecule has 0 rings (SSSR count). The number of hydrogen-bond acceptors (Lipinski definition) is 4. The lowest BCUT2D eigenvalue weighted by molar-refractivity contribution is 0.0402. The van der Waals surface area contributed by atoms with Crippen LogP contribution in [-0.2, 0) is 9.16 Å². The molecule has 0 radical (unpaired) electrons. The summed E-state index contributed by atoms with van der Waals surface area (Å²) in [4.78, 5) is 12.0. The zero-order valence-electron chi connectivity index (χ0n) is 16.2. The minimum Gasteiger partial charge on any atom is -0.444 e. The molecule has 0 unspecified atom stereocenters. The smallest absolute Gasteiger partial charge is 0.408 e. The van der Waals surface area contributed by atoms with Gasteiger partial charge in [0.05, 0.1) is 18.8 Å². The second kappa shape index (κ2) is 7.81. The van der Waals surface area contributed by atoms with E-state index >= 15 is 0 Å². The monoisotopic (exact) mass is 345 g/mol. The Balaban J connectivity index is 4.98. The van der Waals surface area contributed by atoms with Crippen LogP contribution in [-0.4, -0.2) is 43.9 Å². The third-order valence-corrected chi connectivity index (χ3v) is 8.52. The van der Waals surface area contributed by atoms with Crippen molar-refractivity contribution in [3.05, 3.63) is 12.2 Å². The predicted molar refractivity (Wildman–Crippen MR) is 97.1 cm³/mol. The van der Waals surface area contributed by atoms with Crippen molar-refractivity contribution in [1.82, 2.24) is 5.32 Å². The fraction of sp³-hybridized carbons (Fsp3) is 0.824. The van der Waals surface area contributed by atoms with Crippen molar-refractivity contribution in [2.24, 2.45) is 0 Å². The average molecular weight is 346 g/mol. The van der Waals surface area contributed by atoms with Crippen LogP contribution in [0.2, 0.25) is 18.1 Å². The number of hydrogen-bond donors (Lipinski definition) is 2. The van der Waals surface area contributed by atoms with E-state index in [1.807, 2.05) is 0 Å². The molecule has 2 atom stereocenters. The zero-order valence-corrected chi connectivity index (χ0v) is 17.2. The summed E-state index contributed by atoms with van der Waals surface area (Å²) < 4.78 is 11.4. The largest absolute Gasteiger partial charge is 0.444 e. The summed E-state index contributed by atoms with van der Waals surface area (Å²) >= 11 is 0. The molecule has 0 spiro atoms. The highest BCUT2D eigenvalue weighted by Crippen LogP contribution is 2.36. The first-order valence-corrected chi connectivity index (χ1v) is 10.9. The van der Waals surface area contributed by atoms with Crippen molar-refractivity contribution < 1.29 is 19.1 Å². The average Bonchev–Trinajstić information content (AvgIpc) is 2.29. The summed E-state index contributed by atoms with van der Waals surface area (Å²) in [5.74, 6) is 0. The summed E-state index contributed by atoms with van der Waals surface area (Å²) in [5, 5.41) is 13.1. The van der Waals surface area contributed by atoms with Gasteiger partial charge in [-0.3, -0.25) is 0 Å². The lowest BCUT2D eigenvalue weighted by atomic mass is 10.1. The Morgan fingerprint density at radius 1 is 1.22 bits per heavy atom. The second-order valence-electron chi connectivity index (χ2n) is 8.62. The van der Waals surface area contributed by atoms with E-state index in [-0.39, 0.29) is 11.6 Å². The SMILES string of the molecule is C=C(C)[C@@H](O)[C@@H](CO[Si](C)(C)C(C)(C)C)NC(=O)OC(C)(C)C. The Hall–Kier alpha value is -0.853. The number of aliphatic hydroxyl groups is 1. The maximum absolute atomic E-state index is 12.0. The van der Waals surface area contributed by atoms with E-state index in [9.17, 15) is 9.90 Å². The summed E-state index contributed by atoms with van der Waals surface area (Å²) in [6, 6.07) is -0.587. The molecule has 2 N–H and O–H groups in total. The number of carbonyl (C=O) groups excluding carboxylic acids is 1. The Morgan fingerprint density at radius 3 is 2.04 bits per heavy atom. The van der Waals surface area contributed by atoms with Gasteiger partial charge in [-0.2, -0.15) is 0 Å². The van der Waals surface area contributed by atoms with E-state index in [4.69, 9.17) is 9.16 Å². The minimum absolute atomic E-state index is 0.0532. The maximum atomic E-state index is 12.0. The first-order valence-electron chi connectivity index (χ1n) is 8.04. The van der Waals surface area contributed by atoms with Gasteiger partial charge in [-0.25, -0.2) is 4.79 Å². The molecular formula is C17H35NO4Si. The van der Waals surface area contributed by atoms with E-state index in [0.717, 1.165) is 0 Å². The molecular weight excluding hydrogens is 310 g/mol. The Labute approximate surface area is 142 Å². The van der Waals surface area contributed by atoms with Gasteiger partial charge in [0.2, 0.25) is 0 Å². The van der Waals surface area contributed by atoms with E-state index in [1.165, 1.54) is 0 Å². The summed E-state index contributed by atoms with van der Waals surface area (Å²) in [7, 11) is -1.98. The van der Waals surface area contributed by atoms with Gasteiger partial charge < -0.3 is 19.6 Å². The fourth-order valence-corrected chi connectivity index (χ4v) is 2.56. The molecule has 0 saturated carbocycles. The Kier molecular flexibility index (Phi) is 7.52. The van der Waals surface area contributed by atoms with Crippen LogP contribution < -0.4 is 5.32 Å². The normalized spacial score (nSPS) is 15.7. The first-order chi connectivity index (χ1) is 10.1. The van der Waals surface area contributed by atoms with Gasteiger partial charge in [-0.05, 0) is 45.8 Å². The number of carbonyl (C=O) groups is 1. The van der Waals surface area contributed by atoms with Gasteiger partial charge in [-0.1, -0.05) is 32.9 Å². The molecule has 0 aliphatic heterocycles. The topological polar surface area (TPSA) is 67.8 Å². The van der Waals surface area contributed by atoms with Crippen LogP contribution in [0.15, 0.2) is 12.2 Å². The highest BCUT2D eigenvalue weighted by atomic mass is 28.4. The number of alkyl carbamates (subject to hydrolysis) is 1. The van der Waals surface area contributed by atoms with E-state index in [0.29, 0.717) is 5.57 Å². The molecule has 0 aromatic carbocycles.